The summed E-state index contributed by atoms with van der Waals surface area (Å²) in [7, 11) is 1.22. The predicted molar refractivity (Wildman–Crippen MR) is 48.9 cm³/mol. The molecule has 0 spiro atoms. The van der Waals surface area contributed by atoms with E-state index in [-0.39, 0.29) is 12.5 Å². The van der Waals surface area contributed by atoms with Crippen LogP contribution in [-0.4, -0.2) is 36.1 Å². The molecule has 1 fully saturated rings. The molecule has 0 bridgehead atoms. The average Bonchev–Trinajstić information content (AvgIpc) is 2.40. The minimum Gasteiger partial charge on any atom is -0.481 e. The van der Waals surface area contributed by atoms with Crippen LogP contribution in [0.15, 0.2) is 0 Å². The van der Waals surface area contributed by atoms with Crippen molar-refractivity contribution in [2.24, 2.45) is 11.8 Å². The van der Waals surface area contributed by atoms with E-state index < -0.39 is 29.7 Å². The SMILES string of the molecule is COC(=O)[C@H]1[C@H](C)NC(=O)[C@H]1CC(=O)O. The number of hydrogen-bond donors (Lipinski definition) is 2. The molecular formula is C9H13NO5. The monoisotopic (exact) mass is 215 g/mol. The number of nitrogens with one attached hydrogen (secondary N) is 1. The molecule has 1 amide bonds. The second-order valence-electron chi connectivity index (χ2n) is 3.55. The molecule has 1 heterocycles. The molecule has 0 radical (unpaired) electrons. The smallest absolute Gasteiger partial charge is 0.311 e. The van der Waals surface area contributed by atoms with Crippen molar-refractivity contribution in [3.8, 4) is 0 Å². The van der Waals surface area contributed by atoms with Crippen LogP contribution in [0.25, 0.3) is 0 Å². The Morgan fingerprint density at radius 3 is 2.60 bits per heavy atom. The standard InChI is InChI=1S/C9H13NO5/c1-4-7(9(14)15-2)5(3-6(11)12)8(13)10-4/h4-5,7H,3H2,1-2H3,(H,10,13)(H,11,12)/t4-,5-,7-/m0/s1. The summed E-state index contributed by atoms with van der Waals surface area (Å²) in [5, 5.41) is 11.2. The van der Waals surface area contributed by atoms with Crippen LogP contribution in [-0.2, 0) is 19.1 Å². The van der Waals surface area contributed by atoms with Crippen molar-refractivity contribution in [3.05, 3.63) is 0 Å². The number of aliphatic carboxylic acids is 1. The Bertz CT molecular complexity index is 301. The van der Waals surface area contributed by atoms with Gasteiger partial charge in [0.05, 0.1) is 25.4 Å². The molecule has 0 aromatic rings. The summed E-state index contributed by atoms with van der Waals surface area (Å²) in [5.41, 5.74) is 0. The summed E-state index contributed by atoms with van der Waals surface area (Å²) in [5.74, 6) is -3.59. The second kappa shape index (κ2) is 4.29. The molecule has 2 N–H and O–H groups in total. The highest BCUT2D eigenvalue weighted by atomic mass is 16.5. The summed E-state index contributed by atoms with van der Waals surface area (Å²) < 4.78 is 4.54. The van der Waals surface area contributed by atoms with Crippen LogP contribution in [0, 0.1) is 11.8 Å². The zero-order valence-corrected chi connectivity index (χ0v) is 8.52. The highest BCUT2D eigenvalue weighted by molar-refractivity contribution is 5.92. The summed E-state index contributed by atoms with van der Waals surface area (Å²) in [6.07, 6.45) is -0.351. The Kier molecular flexibility index (Phi) is 3.28. The van der Waals surface area contributed by atoms with Gasteiger partial charge < -0.3 is 15.2 Å². The van der Waals surface area contributed by atoms with E-state index >= 15 is 0 Å². The number of carboxylic acids is 1. The number of hydrogen-bond acceptors (Lipinski definition) is 4. The van der Waals surface area contributed by atoms with Crippen molar-refractivity contribution in [3.63, 3.8) is 0 Å². The molecule has 3 atom stereocenters. The molecule has 1 rings (SSSR count). The van der Waals surface area contributed by atoms with Gasteiger partial charge in [-0.1, -0.05) is 0 Å². The Balaban J connectivity index is 2.84. The average molecular weight is 215 g/mol. The van der Waals surface area contributed by atoms with Crippen LogP contribution in [0.5, 0.6) is 0 Å². The fourth-order valence-corrected chi connectivity index (χ4v) is 1.85. The first-order valence-corrected chi connectivity index (χ1v) is 4.57. The summed E-state index contributed by atoms with van der Waals surface area (Å²) in [6.45, 7) is 1.65. The molecule has 15 heavy (non-hydrogen) atoms. The third-order valence-electron chi connectivity index (χ3n) is 2.55. The number of ether oxygens (including phenoxy) is 1. The quantitative estimate of drug-likeness (QED) is 0.612. The van der Waals surface area contributed by atoms with Gasteiger partial charge >= 0.3 is 11.9 Å². The largest absolute Gasteiger partial charge is 0.481 e. The number of rotatable bonds is 3. The molecule has 0 unspecified atom stereocenters. The molecule has 84 valence electrons. The first-order valence-electron chi connectivity index (χ1n) is 4.57. The van der Waals surface area contributed by atoms with Crippen molar-refractivity contribution in [1.82, 2.24) is 5.32 Å². The maximum Gasteiger partial charge on any atom is 0.311 e. The number of amides is 1. The minimum absolute atomic E-state index is 0.351. The highest BCUT2D eigenvalue weighted by Crippen LogP contribution is 2.27. The molecular weight excluding hydrogens is 202 g/mol. The van der Waals surface area contributed by atoms with Crippen LogP contribution in [0.2, 0.25) is 0 Å². The van der Waals surface area contributed by atoms with Crippen LogP contribution in [0.4, 0.5) is 0 Å². The van der Waals surface area contributed by atoms with Crippen molar-refractivity contribution < 1.29 is 24.2 Å². The van der Waals surface area contributed by atoms with E-state index in [4.69, 9.17) is 5.11 Å². The van der Waals surface area contributed by atoms with Gasteiger partial charge in [-0.2, -0.15) is 0 Å². The zero-order valence-electron chi connectivity index (χ0n) is 8.52. The predicted octanol–water partition coefficient (Wildman–Crippen LogP) is -0.615. The molecule has 1 saturated heterocycles. The molecule has 6 heteroatoms. The summed E-state index contributed by atoms with van der Waals surface area (Å²) in [4.78, 5) is 33.3. The molecule has 6 nitrogen and oxygen atoms in total. The summed E-state index contributed by atoms with van der Waals surface area (Å²) in [6, 6.07) is -0.380. The first kappa shape index (κ1) is 11.5. The number of carboxylic acid groups (broad SMARTS) is 1. The maximum absolute atomic E-state index is 11.4. The molecule has 0 saturated carbocycles. The lowest BCUT2D eigenvalue weighted by atomic mass is 9.88. The van der Waals surface area contributed by atoms with Gasteiger partial charge in [0.1, 0.15) is 0 Å². The van der Waals surface area contributed by atoms with E-state index in [0.29, 0.717) is 0 Å². The topological polar surface area (TPSA) is 92.7 Å². The Morgan fingerprint density at radius 1 is 1.53 bits per heavy atom. The van der Waals surface area contributed by atoms with Gasteiger partial charge in [-0.05, 0) is 6.92 Å². The van der Waals surface area contributed by atoms with Crippen molar-refractivity contribution in [1.29, 1.82) is 0 Å². The fourth-order valence-electron chi connectivity index (χ4n) is 1.85. The van der Waals surface area contributed by atoms with Gasteiger partial charge in [-0.25, -0.2) is 0 Å². The van der Waals surface area contributed by atoms with Crippen LogP contribution in [0.3, 0.4) is 0 Å². The zero-order chi connectivity index (χ0) is 11.6. The van der Waals surface area contributed by atoms with Crippen molar-refractivity contribution in [2.75, 3.05) is 7.11 Å². The molecule has 0 aromatic heterocycles. The first-order chi connectivity index (χ1) is 6.97. The van der Waals surface area contributed by atoms with Gasteiger partial charge in [-0.15, -0.1) is 0 Å². The van der Waals surface area contributed by atoms with Crippen molar-refractivity contribution in [2.45, 2.75) is 19.4 Å². The lowest BCUT2D eigenvalue weighted by Gasteiger charge is -2.15. The number of methoxy groups -OCH3 is 1. The van der Waals surface area contributed by atoms with Crippen molar-refractivity contribution >= 4 is 17.8 Å². The van der Waals surface area contributed by atoms with Gasteiger partial charge in [0.15, 0.2) is 0 Å². The maximum atomic E-state index is 11.4. The van der Waals surface area contributed by atoms with E-state index in [1.54, 1.807) is 6.92 Å². The lowest BCUT2D eigenvalue weighted by molar-refractivity contribution is -0.149. The van der Waals surface area contributed by atoms with Gasteiger partial charge in [0.25, 0.3) is 0 Å². The van der Waals surface area contributed by atoms with E-state index in [1.165, 1.54) is 7.11 Å². The van der Waals surface area contributed by atoms with E-state index in [1.807, 2.05) is 0 Å². The van der Waals surface area contributed by atoms with Crippen LogP contribution >= 0.6 is 0 Å². The third kappa shape index (κ3) is 2.26. The molecule has 1 aliphatic heterocycles. The van der Waals surface area contributed by atoms with Crippen LogP contribution < -0.4 is 5.32 Å². The number of carbonyl (C=O) groups is 3. The Morgan fingerprint density at radius 2 is 2.13 bits per heavy atom. The normalized spacial score (nSPS) is 29.7. The van der Waals surface area contributed by atoms with Crippen LogP contribution in [0.1, 0.15) is 13.3 Å². The molecule has 0 aromatic carbocycles. The third-order valence-corrected chi connectivity index (χ3v) is 2.55. The van der Waals surface area contributed by atoms with E-state index in [9.17, 15) is 14.4 Å². The molecule has 0 aliphatic carbocycles. The minimum atomic E-state index is -1.10. The Hall–Kier alpha value is -1.59. The van der Waals surface area contributed by atoms with Gasteiger partial charge in [-0.3, -0.25) is 14.4 Å². The highest BCUT2D eigenvalue weighted by Gasteiger charge is 2.45. The fraction of sp³-hybridized carbons (Fsp3) is 0.667. The Labute approximate surface area is 86.6 Å². The van der Waals surface area contributed by atoms with Gasteiger partial charge in [0.2, 0.25) is 5.91 Å². The van der Waals surface area contributed by atoms with Gasteiger partial charge in [0, 0.05) is 6.04 Å². The lowest BCUT2D eigenvalue weighted by Crippen LogP contribution is -2.31. The summed E-state index contributed by atoms with van der Waals surface area (Å²) >= 11 is 0. The number of esters is 1. The van der Waals surface area contributed by atoms with E-state index in [2.05, 4.69) is 10.1 Å². The second-order valence-corrected chi connectivity index (χ2v) is 3.55. The number of carbonyl (C=O) groups excluding carboxylic acids is 2. The van der Waals surface area contributed by atoms with E-state index in [0.717, 1.165) is 0 Å². The molecule has 1 aliphatic rings.